The molecule has 0 radical (unpaired) electrons. The Morgan fingerprint density at radius 3 is 1.12 bits per heavy atom. The van der Waals surface area contributed by atoms with E-state index in [4.69, 9.17) is 47.4 Å². The van der Waals surface area contributed by atoms with Gasteiger partial charge in [0.25, 0.3) is 0 Å². The molecule has 41 heavy (non-hydrogen) atoms. The highest BCUT2D eigenvalue weighted by Crippen LogP contribution is 2.05. The Balaban J connectivity index is 3.37. The molecule has 0 fully saturated rings. The van der Waals surface area contributed by atoms with Gasteiger partial charge in [0.05, 0.1) is 85.9 Å². The molecule has 12 heteroatoms. The average Bonchev–Trinajstić information content (AvgIpc) is 2.97. The molecule has 0 rings (SSSR count). The second-order valence-corrected chi connectivity index (χ2v) is 9.26. The number of unbranched alkanes of at least 4 members (excludes halogenated alkanes) is 6. The van der Waals surface area contributed by atoms with Crippen molar-refractivity contribution in [2.45, 2.75) is 57.5 Å². The first kappa shape index (κ1) is 40.1. The zero-order valence-electron chi connectivity index (χ0n) is 25.7. The lowest BCUT2D eigenvalue weighted by atomic mass is 10.2. The van der Waals surface area contributed by atoms with Gasteiger partial charge >= 0.3 is 5.97 Å². The Kier molecular flexibility index (Phi) is 34.5. The van der Waals surface area contributed by atoms with Crippen molar-refractivity contribution in [3.8, 4) is 0 Å². The maximum absolute atomic E-state index is 11.4. The molecular formula is C29H58O12. The van der Waals surface area contributed by atoms with Crippen molar-refractivity contribution in [3.63, 3.8) is 0 Å². The minimum Gasteiger partial charge on any atom is -0.479 e. The number of ether oxygens (including phenoxy) is 10. The number of carboxylic acids is 1. The van der Waals surface area contributed by atoms with Crippen LogP contribution in [-0.4, -0.2) is 144 Å². The first-order chi connectivity index (χ1) is 20.2. The predicted molar refractivity (Wildman–Crippen MR) is 154 cm³/mol. The molecule has 0 aliphatic carbocycles. The van der Waals surface area contributed by atoms with E-state index in [-0.39, 0.29) is 6.61 Å². The van der Waals surface area contributed by atoms with E-state index in [1.807, 2.05) is 0 Å². The van der Waals surface area contributed by atoms with Crippen LogP contribution in [0.4, 0.5) is 0 Å². The van der Waals surface area contributed by atoms with E-state index in [0.29, 0.717) is 106 Å². The summed E-state index contributed by atoms with van der Waals surface area (Å²) in [5.41, 5.74) is 0. The number of methoxy groups -OCH3 is 2. The Morgan fingerprint density at radius 1 is 0.439 bits per heavy atom. The molecule has 0 saturated heterocycles. The molecule has 0 amide bonds. The van der Waals surface area contributed by atoms with Crippen molar-refractivity contribution < 1.29 is 57.3 Å². The van der Waals surface area contributed by atoms with Gasteiger partial charge in [-0.15, -0.1) is 0 Å². The minimum atomic E-state index is -0.984. The highest BCUT2D eigenvalue weighted by molar-refractivity contribution is 5.72. The molecule has 1 unspecified atom stereocenters. The zero-order valence-corrected chi connectivity index (χ0v) is 25.7. The van der Waals surface area contributed by atoms with Crippen LogP contribution in [-0.2, 0) is 52.2 Å². The third kappa shape index (κ3) is 33.4. The third-order valence-corrected chi connectivity index (χ3v) is 5.73. The summed E-state index contributed by atoms with van der Waals surface area (Å²) in [6, 6.07) is 0. The molecule has 0 aromatic rings. The number of rotatable bonds is 36. The van der Waals surface area contributed by atoms with Crippen molar-refractivity contribution >= 4 is 5.97 Å². The van der Waals surface area contributed by atoms with Crippen LogP contribution >= 0.6 is 0 Å². The van der Waals surface area contributed by atoms with Gasteiger partial charge in [0.2, 0.25) is 0 Å². The van der Waals surface area contributed by atoms with Crippen LogP contribution in [0.5, 0.6) is 0 Å². The van der Waals surface area contributed by atoms with Crippen LogP contribution in [0, 0.1) is 0 Å². The molecule has 1 atom stereocenters. The Morgan fingerprint density at radius 2 is 0.756 bits per heavy atom. The highest BCUT2D eigenvalue weighted by atomic mass is 16.6. The van der Waals surface area contributed by atoms with Gasteiger partial charge in [-0.1, -0.05) is 25.7 Å². The van der Waals surface area contributed by atoms with Crippen LogP contribution in [0.25, 0.3) is 0 Å². The van der Waals surface area contributed by atoms with Crippen LogP contribution < -0.4 is 0 Å². The standard InChI is InChI=1S/C29H58O12/c1-32-15-17-36-23-25-38-21-19-34-11-7-3-4-9-13-40-27-28(29(30)31)41-14-10-6-5-8-12-35-20-22-39-26-24-37-18-16-33-2/h28H,3-27H2,1-2H3,(H,30,31). The first-order valence-electron chi connectivity index (χ1n) is 15.1. The molecule has 0 spiro atoms. The molecule has 0 bridgehead atoms. The van der Waals surface area contributed by atoms with Gasteiger partial charge in [0, 0.05) is 40.6 Å². The van der Waals surface area contributed by atoms with Gasteiger partial charge in [-0.3, -0.25) is 0 Å². The van der Waals surface area contributed by atoms with E-state index in [1.165, 1.54) is 0 Å². The number of carbonyl (C=O) groups is 1. The average molecular weight is 599 g/mol. The van der Waals surface area contributed by atoms with E-state index < -0.39 is 12.1 Å². The predicted octanol–water partition coefficient (Wildman–Crippen LogP) is 2.99. The highest BCUT2D eigenvalue weighted by Gasteiger charge is 2.17. The van der Waals surface area contributed by atoms with E-state index in [1.54, 1.807) is 14.2 Å². The first-order valence-corrected chi connectivity index (χ1v) is 15.1. The second kappa shape index (κ2) is 35.3. The van der Waals surface area contributed by atoms with Gasteiger partial charge in [-0.2, -0.15) is 0 Å². The normalized spacial score (nSPS) is 12.2. The molecule has 0 saturated carbocycles. The molecule has 0 aliphatic heterocycles. The molecule has 0 aromatic carbocycles. The maximum Gasteiger partial charge on any atom is 0.335 e. The van der Waals surface area contributed by atoms with E-state index in [2.05, 4.69) is 0 Å². The minimum absolute atomic E-state index is 0.0745. The third-order valence-electron chi connectivity index (χ3n) is 5.73. The lowest BCUT2D eigenvalue weighted by Gasteiger charge is -2.14. The quantitative estimate of drug-likeness (QED) is 0.106. The second-order valence-electron chi connectivity index (χ2n) is 9.26. The van der Waals surface area contributed by atoms with E-state index >= 15 is 0 Å². The number of hydrogen-bond donors (Lipinski definition) is 1. The van der Waals surface area contributed by atoms with Crippen molar-refractivity contribution in [1.82, 2.24) is 0 Å². The monoisotopic (exact) mass is 598 g/mol. The molecule has 246 valence electrons. The topological polar surface area (TPSA) is 130 Å². The lowest BCUT2D eigenvalue weighted by Crippen LogP contribution is -2.29. The van der Waals surface area contributed by atoms with Crippen LogP contribution in [0.15, 0.2) is 0 Å². The fraction of sp³-hybridized carbons (Fsp3) is 0.966. The Hall–Kier alpha value is -0.930. The molecule has 12 nitrogen and oxygen atoms in total. The summed E-state index contributed by atoms with van der Waals surface area (Å²) in [6.07, 6.45) is 6.74. The summed E-state index contributed by atoms with van der Waals surface area (Å²) in [5.74, 6) is -0.984. The van der Waals surface area contributed by atoms with E-state index in [9.17, 15) is 9.90 Å². The van der Waals surface area contributed by atoms with Gasteiger partial charge in [-0.05, 0) is 25.7 Å². The largest absolute Gasteiger partial charge is 0.479 e. The Labute approximate surface area is 247 Å². The van der Waals surface area contributed by atoms with E-state index in [0.717, 1.165) is 51.4 Å². The summed E-state index contributed by atoms with van der Waals surface area (Å²) in [4.78, 5) is 11.4. The maximum atomic E-state index is 11.4. The van der Waals surface area contributed by atoms with Crippen molar-refractivity contribution in [3.05, 3.63) is 0 Å². The van der Waals surface area contributed by atoms with Gasteiger partial charge < -0.3 is 52.5 Å². The smallest absolute Gasteiger partial charge is 0.335 e. The molecule has 0 aromatic heterocycles. The van der Waals surface area contributed by atoms with Gasteiger partial charge in [0.15, 0.2) is 6.10 Å². The fourth-order valence-corrected chi connectivity index (χ4v) is 3.40. The van der Waals surface area contributed by atoms with Crippen LogP contribution in [0.2, 0.25) is 0 Å². The van der Waals surface area contributed by atoms with Gasteiger partial charge in [0.1, 0.15) is 0 Å². The van der Waals surface area contributed by atoms with Crippen molar-refractivity contribution in [1.29, 1.82) is 0 Å². The number of hydrogen-bond acceptors (Lipinski definition) is 11. The SMILES string of the molecule is COCCOCCOCCOCCCCCCOCC(OCCCCCCOCCOCCOCCOC)C(=O)O. The van der Waals surface area contributed by atoms with Crippen LogP contribution in [0.3, 0.4) is 0 Å². The van der Waals surface area contributed by atoms with Gasteiger partial charge in [-0.25, -0.2) is 4.79 Å². The van der Waals surface area contributed by atoms with Crippen LogP contribution in [0.1, 0.15) is 51.4 Å². The van der Waals surface area contributed by atoms with Crippen molar-refractivity contribution in [2.24, 2.45) is 0 Å². The summed E-state index contributed by atoms with van der Waals surface area (Å²) in [6.45, 7) is 9.26. The summed E-state index contributed by atoms with van der Waals surface area (Å²) >= 11 is 0. The lowest BCUT2D eigenvalue weighted by molar-refractivity contribution is -0.154. The number of carboxylic acid groups (broad SMARTS) is 1. The number of aliphatic carboxylic acids is 1. The summed E-state index contributed by atoms with van der Waals surface area (Å²) in [5, 5.41) is 9.36. The molecule has 0 aliphatic rings. The summed E-state index contributed by atoms with van der Waals surface area (Å²) < 4.78 is 53.4. The Bertz CT molecular complexity index is 512. The molecular weight excluding hydrogens is 540 g/mol. The summed E-state index contributed by atoms with van der Waals surface area (Å²) in [7, 11) is 3.29. The molecule has 0 heterocycles. The van der Waals surface area contributed by atoms with Crippen molar-refractivity contribution in [2.75, 3.05) is 127 Å². The zero-order chi connectivity index (χ0) is 29.9. The molecule has 1 N–H and O–H groups in total. The fourth-order valence-electron chi connectivity index (χ4n) is 3.40.